The molecule has 1 amide bonds. The van der Waals surface area contributed by atoms with Gasteiger partial charge in [-0.2, -0.15) is 0 Å². The molecule has 0 atom stereocenters. The molecule has 1 heterocycles. The van der Waals surface area contributed by atoms with E-state index < -0.39 is 0 Å². The van der Waals surface area contributed by atoms with Gasteiger partial charge in [-0.25, -0.2) is 0 Å². The van der Waals surface area contributed by atoms with Gasteiger partial charge in [-0.05, 0) is 55.5 Å². The Morgan fingerprint density at radius 3 is 2.95 bits per heavy atom. The Balaban J connectivity index is 1.80. The van der Waals surface area contributed by atoms with Crippen LogP contribution in [0.15, 0.2) is 36.7 Å². The molecule has 4 heteroatoms. The van der Waals surface area contributed by atoms with E-state index in [2.05, 4.69) is 27.8 Å². The van der Waals surface area contributed by atoms with Crippen LogP contribution in [0.2, 0.25) is 0 Å². The van der Waals surface area contributed by atoms with E-state index in [1.54, 1.807) is 12.4 Å². The molecule has 0 saturated heterocycles. The van der Waals surface area contributed by atoms with Crippen molar-refractivity contribution in [2.45, 2.75) is 26.2 Å². The van der Waals surface area contributed by atoms with E-state index in [-0.39, 0.29) is 5.91 Å². The molecule has 4 nitrogen and oxygen atoms in total. The summed E-state index contributed by atoms with van der Waals surface area (Å²) in [4.78, 5) is 16.5. The van der Waals surface area contributed by atoms with Gasteiger partial charge in [0.2, 0.25) is 0 Å². The number of aryl methyl sites for hydroxylation is 2. The smallest absolute Gasteiger partial charge is 0.259 e. The normalized spacial score (nSPS) is 12.8. The molecule has 0 aliphatic heterocycles. The van der Waals surface area contributed by atoms with Gasteiger partial charge in [0.1, 0.15) is 0 Å². The van der Waals surface area contributed by atoms with Gasteiger partial charge in [0.05, 0.1) is 11.3 Å². The summed E-state index contributed by atoms with van der Waals surface area (Å²) in [7, 11) is 0. The van der Waals surface area contributed by atoms with Crippen molar-refractivity contribution < 1.29 is 4.79 Å². The average Bonchev–Trinajstić information content (AvgIpc) is 2.95. The predicted octanol–water partition coefficient (Wildman–Crippen LogP) is 3.25. The van der Waals surface area contributed by atoms with Crippen LogP contribution >= 0.6 is 0 Å². The van der Waals surface area contributed by atoms with Crippen molar-refractivity contribution in [3.63, 3.8) is 0 Å². The van der Waals surface area contributed by atoms with Crippen LogP contribution in [0.4, 0.5) is 11.4 Å². The molecule has 2 N–H and O–H groups in total. The van der Waals surface area contributed by atoms with Crippen molar-refractivity contribution in [1.82, 2.24) is 4.98 Å². The first-order valence-corrected chi connectivity index (χ1v) is 7.39. The van der Waals surface area contributed by atoms with Crippen molar-refractivity contribution in [2.24, 2.45) is 0 Å². The topological polar surface area (TPSA) is 54.0 Å². The molecule has 21 heavy (non-hydrogen) atoms. The second-order valence-corrected chi connectivity index (χ2v) is 5.24. The number of hydrogen-bond donors (Lipinski definition) is 2. The Morgan fingerprint density at radius 2 is 2.10 bits per heavy atom. The van der Waals surface area contributed by atoms with Crippen LogP contribution in [0.5, 0.6) is 0 Å². The molecule has 0 bridgehead atoms. The van der Waals surface area contributed by atoms with E-state index in [1.807, 2.05) is 19.1 Å². The van der Waals surface area contributed by atoms with Gasteiger partial charge in [0.15, 0.2) is 0 Å². The zero-order valence-corrected chi connectivity index (χ0v) is 12.1. The first-order chi connectivity index (χ1) is 10.3. The molecule has 0 saturated carbocycles. The Morgan fingerprint density at radius 1 is 1.24 bits per heavy atom. The Bertz CT molecular complexity index is 667. The Kier molecular flexibility index (Phi) is 3.86. The largest absolute Gasteiger partial charge is 0.385 e. The quantitative estimate of drug-likeness (QED) is 0.904. The highest BCUT2D eigenvalue weighted by atomic mass is 16.1. The fourth-order valence-electron chi connectivity index (χ4n) is 2.77. The first-order valence-electron chi connectivity index (χ1n) is 7.39. The van der Waals surface area contributed by atoms with Crippen LogP contribution < -0.4 is 10.6 Å². The molecule has 0 unspecified atom stereocenters. The van der Waals surface area contributed by atoms with Crippen LogP contribution in [0, 0.1) is 0 Å². The maximum atomic E-state index is 12.4. The number of hydrogen-bond acceptors (Lipinski definition) is 3. The van der Waals surface area contributed by atoms with E-state index in [9.17, 15) is 4.79 Å². The highest BCUT2D eigenvalue weighted by Gasteiger charge is 2.14. The summed E-state index contributed by atoms with van der Waals surface area (Å²) in [5.74, 6) is -0.128. The van der Waals surface area contributed by atoms with Gasteiger partial charge in [-0.15, -0.1) is 0 Å². The second kappa shape index (κ2) is 5.95. The van der Waals surface area contributed by atoms with Crippen molar-refractivity contribution in [3.05, 3.63) is 53.3 Å². The van der Waals surface area contributed by atoms with Crippen molar-refractivity contribution in [2.75, 3.05) is 17.2 Å². The van der Waals surface area contributed by atoms with E-state index in [1.165, 1.54) is 17.5 Å². The van der Waals surface area contributed by atoms with E-state index in [0.717, 1.165) is 30.8 Å². The van der Waals surface area contributed by atoms with Gasteiger partial charge in [0.25, 0.3) is 5.91 Å². The number of benzene rings is 1. The summed E-state index contributed by atoms with van der Waals surface area (Å²) in [5.41, 5.74) is 4.99. The lowest BCUT2D eigenvalue weighted by Gasteiger charge is -2.11. The van der Waals surface area contributed by atoms with Gasteiger partial charge < -0.3 is 10.6 Å². The summed E-state index contributed by atoms with van der Waals surface area (Å²) < 4.78 is 0. The third kappa shape index (κ3) is 2.89. The molecule has 1 aromatic carbocycles. The molecule has 0 spiro atoms. The zero-order chi connectivity index (χ0) is 14.7. The number of pyridine rings is 1. The maximum Gasteiger partial charge on any atom is 0.259 e. The fraction of sp³-hybridized carbons (Fsp3) is 0.294. The minimum atomic E-state index is -0.128. The third-order valence-electron chi connectivity index (χ3n) is 3.79. The predicted molar refractivity (Wildman–Crippen MR) is 84.8 cm³/mol. The van der Waals surface area contributed by atoms with Crippen LogP contribution in [0.25, 0.3) is 0 Å². The number of aromatic nitrogens is 1. The molecule has 1 aromatic heterocycles. The number of nitrogens with zero attached hydrogens (tertiary/aromatic N) is 1. The van der Waals surface area contributed by atoms with Gasteiger partial charge >= 0.3 is 0 Å². The van der Waals surface area contributed by atoms with Crippen LogP contribution in [0.3, 0.4) is 0 Å². The number of carbonyl (C=O) groups excluding carboxylic acids is 1. The van der Waals surface area contributed by atoms with Crippen molar-refractivity contribution in [3.8, 4) is 0 Å². The zero-order valence-electron chi connectivity index (χ0n) is 12.1. The summed E-state index contributed by atoms with van der Waals surface area (Å²) in [5, 5.41) is 6.15. The molecule has 2 aromatic rings. The molecule has 108 valence electrons. The monoisotopic (exact) mass is 281 g/mol. The van der Waals surface area contributed by atoms with Crippen LogP contribution in [-0.2, 0) is 12.8 Å². The van der Waals surface area contributed by atoms with E-state index in [4.69, 9.17) is 0 Å². The number of anilines is 2. The third-order valence-corrected chi connectivity index (χ3v) is 3.79. The summed E-state index contributed by atoms with van der Waals surface area (Å²) in [6.45, 7) is 2.77. The van der Waals surface area contributed by atoms with Crippen molar-refractivity contribution >= 4 is 17.3 Å². The van der Waals surface area contributed by atoms with Crippen LogP contribution in [0.1, 0.15) is 34.8 Å². The number of rotatable bonds is 4. The summed E-state index contributed by atoms with van der Waals surface area (Å²) in [6, 6.07) is 8.00. The SMILES string of the molecule is CCNc1ccncc1C(=O)Nc1ccc2c(c1)CCC2. The summed E-state index contributed by atoms with van der Waals surface area (Å²) >= 11 is 0. The molecule has 1 aliphatic carbocycles. The molecule has 0 fully saturated rings. The summed E-state index contributed by atoms with van der Waals surface area (Å²) in [6.07, 6.45) is 6.75. The maximum absolute atomic E-state index is 12.4. The molecular weight excluding hydrogens is 262 g/mol. The van der Waals surface area contributed by atoms with Gasteiger partial charge in [-0.1, -0.05) is 6.07 Å². The Hall–Kier alpha value is -2.36. The molecule has 1 aliphatic rings. The van der Waals surface area contributed by atoms with Crippen molar-refractivity contribution in [1.29, 1.82) is 0 Å². The fourth-order valence-corrected chi connectivity index (χ4v) is 2.77. The average molecular weight is 281 g/mol. The van der Waals surface area contributed by atoms with E-state index in [0.29, 0.717) is 5.56 Å². The lowest BCUT2D eigenvalue weighted by Crippen LogP contribution is -2.15. The van der Waals surface area contributed by atoms with E-state index >= 15 is 0 Å². The number of fused-ring (bicyclic) bond motifs is 1. The standard InChI is InChI=1S/C17H19N3O/c1-2-19-16-8-9-18-11-15(16)17(21)20-14-7-6-12-4-3-5-13(12)10-14/h6-11H,2-5H2,1H3,(H,18,19)(H,20,21). The Labute approximate surface area is 124 Å². The molecular formula is C17H19N3O. The number of nitrogens with one attached hydrogen (secondary N) is 2. The highest BCUT2D eigenvalue weighted by molar-refractivity contribution is 6.07. The minimum Gasteiger partial charge on any atom is -0.385 e. The number of carbonyl (C=O) groups is 1. The lowest BCUT2D eigenvalue weighted by atomic mass is 10.1. The molecule has 3 rings (SSSR count). The lowest BCUT2D eigenvalue weighted by molar-refractivity contribution is 0.102. The minimum absolute atomic E-state index is 0.128. The first kappa shape index (κ1) is 13.6. The van der Waals surface area contributed by atoms with Gasteiger partial charge in [-0.3, -0.25) is 9.78 Å². The highest BCUT2D eigenvalue weighted by Crippen LogP contribution is 2.25. The second-order valence-electron chi connectivity index (χ2n) is 5.24. The van der Waals surface area contributed by atoms with Crippen LogP contribution in [-0.4, -0.2) is 17.4 Å². The number of amides is 1. The molecule has 0 radical (unpaired) electrons. The van der Waals surface area contributed by atoms with Gasteiger partial charge in [0, 0.05) is 24.6 Å².